The molecule has 178 valence electrons. The summed E-state index contributed by atoms with van der Waals surface area (Å²) in [4.78, 5) is 22.4. The smallest absolute Gasteiger partial charge is 0.257 e. The summed E-state index contributed by atoms with van der Waals surface area (Å²) in [6.45, 7) is 3.43. The number of carbonyl (C=O) groups is 1. The number of hydrogen-bond donors (Lipinski definition) is 0. The van der Waals surface area contributed by atoms with Gasteiger partial charge in [-0.05, 0) is 35.4 Å². The Hall–Kier alpha value is -3.97. The quantitative estimate of drug-likeness (QED) is 0.404. The van der Waals surface area contributed by atoms with E-state index < -0.39 is 0 Å². The molecule has 1 saturated heterocycles. The topological polar surface area (TPSA) is 71.7 Å². The van der Waals surface area contributed by atoms with E-state index in [9.17, 15) is 4.79 Å². The van der Waals surface area contributed by atoms with Crippen molar-refractivity contribution >= 4 is 5.91 Å². The van der Waals surface area contributed by atoms with Gasteiger partial charge in [0, 0.05) is 31.7 Å². The second kappa shape index (κ2) is 10.5. The van der Waals surface area contributed by atoms with Crippen LogP contribution in [0.4, 0.5) is 0 Å². The van der Waals surface area contributed by atoms with E-state index in [1.807, 2.05) is 89.8 Å². The highest BCUT2D eigenvalue weighted by Gasteiger charge is 2.30. The van der Waals surface area contributed by atoms with Crippen molar-refractivity contribution in [3.63, 3.8) is 0 Å². The minimum absolute atomic E-state index is 0.142. The zero-order valence-corrected chi connectivity index (χ0v) is 19.7. The zero-order valence-electron chi connectivity index (χ0n) is 19.7. The first-order valence-electron chi connectivity index (χ1n) is 11.8. The van der Waals surface area contributed by atoms with Crippen molar-refractivity contribution in [2.24, 2.45) is 0 Å². The molecular formula is C28H28N4O3. The van der Waals surface area contributed by atoms with E-state index >= 15 is 0 Å². The first-order chi connectivity index (χ1) is 17.2. The molecule has 35 heavy (non-hydrogen) atoms. The van der Waals surface area contributed by atoms with E-state index in [1.165, 1.54) is 0 Å². The molecule has 1 amide bonds. The Kier molecular flexibility index (Phi) is 6.86. The lowest BCUT2D eigenvalue weighted by Gasteiger charge is -2.36. The lowest BCUT2D eigenvalue weighted by atomic mass is 9.90. The second-order valence-electron chi connectivity index (χ2n) is 8.60. The second-order valence-corrected chi connectivity index (χ2v) is 8.60. The van der Waals surface area contributed by atoms with E-state index in [1.54, 1.807) is 7.11 Å². The van der Waals surface area contributed by atoms with Gasteiger partial charge in [-0.3, -0.25) is 9.69 Å². The fraction of sp³-hybridized carbons (Fsp3) is 0.250. The predicted molar refractivity (Wildman–Crippen MR) is 133 cm³/mol. The first-order valence-corrected chi connectivity index (χ1v) is 11.8. The molecule has 0 aliphatic carbocycles. The van der Waals surface area contributed by atoms with Gasteiger partial charge in [0.1, 0.15) is 5.75 Å². The highest BCUT2D eigenvalue weighted by molar-refractivity contribution is 5.87. The Balaban J connectivity index is 1.22. The molecule has 1 aliphatic rings. The third-order valence-corrected chi connectivity index (χ3v) is 6.37. The average molecular weight is 469 g/mol. The van der Waals surface area contributed by atoms with E-state index in [0.717, 1.165) is 35.5 Å². The molecule has 0 N–H and O–H groups in total. The number of aromatic nitrogens is 2. The third kappa shape index (κ3) is 5.25. The number of amides is 1. The van der Waals surface area contributed by atoms with E-state index in [-0.39, 0.29) is 11.8 Å². The number of nitrogens with zero attached hydrogens (tertiary/aromatic N) is 4. The minimum atomic E-state index is -0.298. The molecule has 4 aromatic rings. The van der Waals surface area contributed by atoms with Gasteiger partial charge in [0.05, 0.1) is 19.6 Å². The van der Waals surface area contributed by atoms with Crippen molar-refractivity contribution < 1.29 is 14.1 Å². The van der Waals surface area contributed by atoms with Crippen molar-refractivity contribution in [2.45, 2.75) is 12.5 Å². The molecule has 2 heterocycles. The normalized spacial score (nSPS) is 14.3. The van der Waals surface area contributed by atoms with E-state index in [2.05, 4.69) is 15.0 Å². The van der Waals surface area contributed by atoms with Crippen LogP contribution < -0.4 is 4.74 Å². The van der Waals surface area contributed by atoms with E-state index in [4.69, 9.17) is 9.26 Å². The van der Waals surface area contributed by atoms with Gasteiger partial charge in [0.2, 0.25) is 5.91 Å². The molecule has 0 saturated carbocycles. The highest BCUT2D eigenvalue weighted by atomic mass is 16.5. The predicted octanol–water partition coefficient (Wildman–Crippen LogP) is 4.22. The Labute approximate surface area is 204 Å². The monoisotopic (exact) mass is 468 g/mol. The number of methoxy groups -OCH3 is 1. The van der Waals surface area contributed by atoms with Gasteiger partial charge in [0.15, 0.2) is 5.82 Å². The maximum Gasteiger partial charge on any atom is 0.257 e. The maximum absolute atomic E-state index is 13.6. The Bertz CT molecular complexity index is 1190. The van der Waals surface area contributed by atoms with Crippen LogP contribution in [-0.4, -0.2) is 59.1 Å². The van der Waals surface area contributed by atoms with Crippen molar-refractivity contribution in [2.75, 3.05) is 33.3 Å². The van der Waals surface area contributed by atoms with Gasteiger partial charge in [-0.25, -0.2) is 0 Å². The van der Waals surface area contributed by atoms with Crippen LogP contribution >= 0.6 is 0 Å². The highest BCUT2D eigenvalue weighted by Crippen LogP contribution is 2.27. The molecule has 0 atom stereocenters. The molecule has 0 radical (unpaired) electrons. The lowest BCUT2D eigenvalue weighted by molar-refractivity contribution is -0.133. The first kappa shape index (κ1) is 22.8. The zero-order chi connectivity index (χ0) is 24.0. The number of benzene rings is 3. The van der Waals surface area contributed by atoms with Gasteiger partial charge in [-0.15, -0.1) is 0 Å². The number of rotatable bonds is 7. The molecule has 0 spiro atoms. The maximum atomic E-state index is 13.6. The fourth-order valence-electron chi connectivity index (χ4n) is 4.45. The van der Waals surface area contributed by atoms with Crippen LogP contribution in [0, 0.1) is 0 Å². The van der Waals surface area contributed by atoms with Crippen LogP contribution in [0.15, 0.2) is 89.5 Å². The molecule has 7 nitrogen and oxygen atoms in total. The summed E-state index contributed by atoms with van der Waals surface area (Å²) in [6.07, 6.45) is 0. The SMILES string of the molecule is COc1ccc(-c2nc(CN3CCN(C(=O)C(c4ccccc4)c4ccccc4)CC3)no2)cc1. The molecule has 3 aromatic carbocycles. The summed E-state index contributed by atoms with van der Waals surface area (Å²) in [5.41, 5.74) is 2.89. The number of carbonyl (C=O) groups excluding carboxylic acids is 1. The third-order valence-electron chi connectivity index (χ3n) is 6.37. The summed E-state index contributed by atoms with van der Waals surface area (Å²) in [5.74, 6) is 1.76. The lowest BCUT2D eigenvalue weighted by Crippen LogP contribution is -2.49. The largest absolute Gasteiger partial charge is 0.497 e. The van der Waals surface area contributed by atoms with Gasteiger partial charge >= 0.3 is 0 Å². The summed E-state index contributed by atoms with van der Waals surface area (Å²) in [5, 5.41) is 4.15. The van der Waals surface area contributed by atoms with Crippen molar-refractivity contribution in [3.8, 4) is 17.2 Å². The molecule has 1 fully saturated rings. The standard InChI is InChI=1S/C28H28N4O3/c1-34-24-14-12-23(13-15-24)27-29-25(30-35-27)20-31-16-18-32(19-17-31)28(33)26(21-8-4-2-5-9-21)22-10-6-3-7-11-22/h2-15,26H,16-20H2,1H3. The summed E-state index contributed by atoms with van der Waals surface area (Å²) < 4.78 is 10.7. The number of ether oxygens (including phenoxy) is 1. The van der Waals surface area contributed by atoms with Gasteiger partial charge in [0.25, 0.3) is 5.89 Å². The molecule has 1 aliphatic heterocycles. The molecule has 0 unspecified atom stereocenters. The van der Waals surface area contributed by atoms with Crippen molar-refractivity contribution in [1.29, 1.82) is 0 Å². The fourth-order valence-corrected chi connectivity index (χ4v) is 4.45. The van der Waals surface area contributed by atoms with Gasteiger partial charge < -0.3 is 14.2 Å². The summed E-state index contributed by atoms with van der Waals surface area (Å²) in [7, 11) is 1.64. The Morgan fingerprint density at radius 2 is 1.49 bits per heavy atom. The van der Waals surface area contributed by atoms with Crippen molar-refractivity contribution in [1.82, 2.24) is 19.9 Å². The van der Waals surface area contributed by atoms with Crippen LogP contribution in [0.2, 0.25) is 0 Å². The van der Waals surface area contributed by atoms with Gasteiger partial charge in [-0.2, -0.15) is 4.98 Å². The number of hydrogen-bond acceptors (Lipinski definition) is 6. The molecule has 0 bridgehead atoms. The molecule has 7 heteroatoms. The van der Waals surface area contributed by atoms with Crippen LogP contribution in [0.1, 0.15) is 22.9 Å². The van der Waals surface area contributed by atoms with Crippen LogP contribution in [0.3, 0.4) is 0 Å². The van der Waals surface area contributed by atoms with E-state index in [0.29, 0.717) is 31.3 Å². The van der Waals surface area contributed by atoms with Crippen LogP contribution in [-0.2, 0) is 11.3 Å². The van der Waals surface area contributed by atoms with Crippen LogP contribution in [0.5, 0.6) is 5.75 Å². The van der Waals surface area contributed by atoms with Crippen LogP contribution in [0.25, 0.3) is 11.5 Å². The molecular weight excluding hydrogens is 440 g/mol. The Morgan fingerprint density at radius 1 is 0.886 bits per heavy atom. The minimum Gasteiger partial charge on any atom is -0.497 e. The Morgan fingerprint density at radius 3 is 2.06 bits per heavy atom. The summed E-state index contributed by atoms with van der Waals surface area (Å²) in [6, 6.07) is 27.6. The van der Waals surface area contributed by atoms with Gasteiger partial charge in [-0.1, -0.05) is 65.8 Å². The van der Waals surface area contributed by atoms with Crippen molar-refractivity contribution in [3.05, 3.63) is 102 Å². The molecule has 5 rings (SSSR count). The average Bonchev–Trinajstić information content (AvgIpc) is 3.39. The summed E-state index contributed by atoms with van der Waals surface area (Å²) >= 11 is 0. The number of piperazine rings is 1. The molecule has 1 aromatic heterocycles.